The van der Waals surface area contributed by atoms with Crippen LogP contribution < -0.4 is 4.74 Å². The summed E-state index contributed by atoms with van der Waals surface area (Å²) in [7, 11) is -3.36. The largest absolute Gasteiger partial charge is 0.490 e. The summed E-state index contributed by atoms with van der Waals surface area (Å²) in [6.07, 6.45) is 1.52. The van der Waals surface area contributed by atoms with E-state index in [9.17, 15) is 8.42 Å². The number of para-hydroxylation sites is 1. The zero-order chi connectivity index (χ0) is 16.3. The van der Waals surface area contributed by atoms with Crippen LogP contribution in [0.4, 0.5) is 0 Å². The van der Waals surface area contributed by atoms with E-state index in [1.165, 1.54) is 4.31 Å². The van der Waals surface area contributed by atoms with E-state index in [1.54, 1.807) is 4.31 Å². The molecule has 0 bridgehead atoms. The van der Waals surface area contributed by atoms with E-state index in [1.807, 2.05) is 31.2 Å². The third kappa shape index (κ3) is 3.85. The molecular weight excluding hydrogens is 316 g/mol. The second-order valence-corrected chi connectivity index (χ2v) is 7.93. The lowest BCUT2D eigenvalue weighted by Crippen LogP contribution is -2.51. The first-order chi connectivity index (χ1) is 11.1. The molecule has 128 valence electrons. The summed E-state index contributed by atoms with van der Waals surface area (Å²) >= 11 is 0. The number of rotatable bonds is 4. The lowest BCUT2D eigenvalue weighted by Gasteiger charge is -2.36. The predicted molar refractivity (Wildman–Crippen MR) is 87.7 cm³/mol. The minimum absolute atomic E-state index is 0.0761. The van der Waals surface area contributed by atoms with Gasteiger partial charge in [-0.15, -0.1) is 0 Å². The molecule has 2 aliphatic rings. The molecule has 0 saturated carbocycles. The van der Waals surface area contributed by atoms with Crippen molar-refractivity contribution in [3.8, 4) is 5.75 Å². The molecule has 1 aromatic carbocycles. The minimum atomic E-state index is -3.36. The van der Waals surface area contributed by atoms with Crippen molar-refractivity contribution in [1.82, 2.24) is 8.61 Å². The molecule has 2 heterocycles. The van der Waals surface area contributed by atoms with Gasteiger partial charge in [0.2, 0.25) is 0 Å². The molecule has 2 fully saturated rings. The smallest absolute Gasteiger partial charge is 0.282 e. The maximum atomic E-state index is 12.6. The molecule has 3 rings (SSSR count). The molecule has 1 aromatic rings. The van der Waals surface area contributed by atoms with E-state index in [0.717, 1.165) is 24.2 Å². The highest BCUT2D eigenvalue weighted by molar-refractivity contribution is 7.86. The fourth-order valence-corrected chi connectivity index (χ4v) is 4.60. The van der Waals surface area contributed by atoms with Crippen molar-refractivity contribution in [2.75, 3.05) is 39.4 Å². The summed E-state index contributed by atoms with van der Waals surface area (Å²) in [4.78, 5) is 0. The molecule has 0 unspecified atom stereocenters. The van der Waals surface area contributed by atoms with E-state index in [0.29, 0.717) is 39.4 Å². The van der Waals surface area contributed by atoms with Gasteiger partial charge in [0.1, 0.15) is 11.9 Å². The van der Waals surface area contributed by atoms with Crippen molar-refractivity contribution in [3.63, 3.8) is 0 Å². The van der Waals surface area contributed by atoms with Crippen molar-refractivity contribution < 1.29 is 17.9 Å². The van der Waals surface area contributed by atoms with Gasteiger partial charge >= 0.3 is 0 Å². The van der Waals surface area contributed by atoms with Crippen LogP contribution in [0.25, 0.3) is 0 Å². The Labute approximate surface area is 138 Å². The Bertz CT molecular complexity index is 621. The van der Waals surface area contributed by atoms with Crippen LogP contribution in [-0.2, 0) is 14.9 Å². The predicted octanol–water partition coefficient (Wildman–Crippen LogP) is 1.42. The molecule has 0 amide bonds. The second kappa shape index (κ2) is 7.17. The van der Waals surface area contributed by atoms with Gasteiger partial charge in [0.05, 0.1) is 13.2 Å². The summed E-state index contributed by atoms with van der Waals surface area (Å²) in [6.45, 7) is 4.89. The summed E-state index contributed by atoms with van der Waals surface area (Å²) < 4.78 is 39.6. The van der Waals surface area contributed by atoms with Crippen molar-refractivity contribution in [3.05, 3.63) is 29.8 Å². The average molecular weight is 340 g/mol. The maximum Gasteiger partial charge on any atom is 0.282 e. The Morgan fingerprint density at radius 3 is 2.30 bits per heavy atom. The minimum Gasteiger partial charge on any atom is -0.490 e. The van der Waals surface area contributed by atoms with Crippen molar-refractivity contribution in [1.29, 1.82) is 0 Å². The number of morpholine rings is 1. The van der Waals surface area contributed by atoms with Crippen LogP contribution in [0, 0.1) is 6.92 Å². The molecular formula is C16H24N2O4S. The van der Waals surface area contributed by atoms with Gasteiger partial charge in [0.15, 0.2) is 0 Å². The number of piperidine rings is 1. The Balaban J connectivity index is 1.57. The second-order valence-electron chi connectivity index (χ2n) is 6.00. The normalized spacial score (nSPS) is 22.1. The van der Waals surface area contributed by atoms with Crippen molar-refractivity contribution in [2.24, 2.45) is 0 Å². The van der Waals surface area contributed by atoms with Gasteiger partial charge in [0, 0.05) is 26.2 Å². The molecule has 0 radical (unpaired) electrons. The summed E-state index contributed by atoms with van der Waals surface area (Å²) in [5.74, 6) is 0.891. The first-order valence-corrected chi connectivity index (χ1v) is 9.52. The van der Waals surface area contributed by atoms with Gasteiger partial charge in [-0.25, -0.2) is 0 Å². The summed E-state index contributed by atoms with van der Waals surface area (Å²) in [5.41, 5.74) is 1.11. The van der Waals surface area contributed by atoms with Crippen LogP contribution in [-0.4, -0.2) is 62.5 Å². The highest BCUT2D eigenvalue weighted by atomic mass is 32.2. The van der Waals surface area contributed by atoms with Gasteiger partial charge < -0.3 is 9.47 Å². The van der Waals surface area contributed by atoms with Crippen molar-refractivity contribution >= 4 is 10.2 Å². The Morgan fingerprint density at radius 1 is 1.04 bits per heavy atom. The Morgan fingerprint density at radius 2 is 1.65 bits per heavy atom. The SMILES string of the molecule is Cc1ccccc1OC1CCN(S(=O)(=O)N2CCOCC2)CC1. The summed E-state index contributed by atoms with van der Waals surface area (Å²) in [5, 5.41) is 0. The summed E-state index contributed by atoms with van der Waals surface area (Å²) in [6, 6.07) is 7.93. The van der Waals surface area contributed by atoms with Crippen LogP contribution in [0.1, 0.15) is 18.4 Å². The average Bonchev–Trinajstić information content (AvgIpc) is 2.58. The monoisotopic (exact) mass is 340 g/mol. The van der Waals surface area contributed by atoms with Crippen LogP contribution in [0.5, 0.6) is 5.75 Å². The quantitative estimate of drug-likeness (QED) is 0.832. The molecule has 0 aliphatic carbocycles. The Hall–Kier alpha value is -1.15. The van der Waals surface area contributed by atoms with E-state index in [-0.39, 0.29) is 6.10 Å². The molecule has 7 heteroatoms. The number of aryl methyl sites for hydroxylation is 1. The van der Waals surface area contributed by atoms with E-state index in [2.05, 4.69) is 0 Å². The third-order valence-electron chi connectivity index (χ3n) is 4.41. The van der Waals surface area contributed by atoms with Gasteiger partial charge in [-0.3, -0.25) is 0 Å². The molecule has 2 aliphatic heterocycles. The number of benzene rings is 1. The van der Waals surface area contributed by atoms with Crippen LogP contribution in [0.2, 0.25) is 0 Å². The van der Waals surface area contributed by atoms with Crippen LogP contribution >= 0.6 is 0 Å². The molecule has 0 N–H and O–H groups in total. The number of nitrogens with zero attached hydrogens (tertiary/aromatic N) is 2. The van der Waals surface area contributed by atoms with Gasteiger partial charge in [0.25, 0.3) is 10.2 Å². The van der Waals surface area contributed by atoms with E-state index < -0.39 is 10.2 Å². The first kappa shape index (κ1) is 16.7. The number of hydrogen-bond acceptors (Lipinski definition) is 4. The third-order valence-corrected chi connectivity index (χ3v) is 6.45. The van der Waals surface area contributed by atoms with Gasteiger partial charge in [-0.05, 0) is 31.4 Å². The molecule has 0 atom stereocenters. The number of ether oxygens (including phenoxy) is 2. The first-order valence-electron chi connectivity index (χ1n) is 8.12. The van der Waals surface area contributed by atoms with Gasteiger partial charge in [-0.2, -0.15) is 17.0 Å². The van der Waals surface area contributed by atoms with Crippen LogP contribution in [0.15, 0.2) is 24.3 Å². The zero-order valence-corrected chi connectivity index (χ0v) is 14.3. The maximum absolute atomic E-state index is 12.6. The molecule has 6 nitrogen and oxygen atoms in total. The number of hydrogen-bond donors (Lipinski definition) is 0. The fourth-order valence-electron chi connectivity index (χ4n) is 2.99. The van der Waals surface area contributed by atoms with Crippen molar-refractivity contribution in [2.45, 2.75) is 25.9 Å². The van der Waals surface area contributed by atoms with Gasteiger partial charge in [-0.1, -0.05) is 18.2 Å². The van der Waals surface area contributed by atoms with E-state index >= 15 is 0 Å². The molecule has 0 aromatic heterocycles. The lowest BCUT2D eigenvalue weighted by atomic mass is 10.1. The standard InChI is InChI=1S/C16H24N2O4S/c1-14-4-2-3-5-16(14)22-15-6-8-17(9-7-15)23(19,20)18-10-12-21-13-11-18/h2-5,15H,6-13H2,1H3. The lowest BCUT2D eigenvalue weighted by molar-refractivity contribution is 0.0677. The molecule has 0 spiro atoms. The molecule has 23 heavy (non-hydrogen) atoms. The highest BCUT2D eigenvalue weighted by Crippen LogP contribution is 2.24. The zero-order valence-electron chi connectivity index (χ0n) is 13.5. The fraction of sp³-hybridized carbons (Fsp3) is 0.625. The highest BCUT2D eigenvalue weighted by Gasteiger charge is 2.34. The van der Waals surface area contributed by atoms with Crippen LogP contribution in [0.3, 0.4) is 0 Å². The molecule has 2 saturated heterocycles. The topological polar surface area (TPSA) is 59.1 Å². The Kier molecular flexibility index (Phi) is 5.21. The van der Waals surface area contributed by atoms with E-state index in [4.69, 9.17) is 9.47 Å².